The normalized spacial score (nSPS) is 18.2. The molecule has 0 unspecified atom stereocenters. The Morgan fingerprint density at radius 1 is 1.28 bits per heavy atom. The highest BCUT2D eigenvalue weighted by atomic mass is 16.5. The van der Waals surface area contributed by atoms with E-state index in [1.807, 2.05) is 0 Å². The Morgan fingerprint density at radius 3 is 2.80 bits per heavy atom. The predicted octanol–water partition coefficient (Wildman–Crippen LogP) is 1.81. The first-order valence-electron chi connectivity index (χ1n) is 9.34. The lowest BCUT2D eigenvalue weighted by molar-refractivity contribution is -0.121. The van der Waals surface area contributed by atoms with Crippen LogP contribution in [-0.4, -0.2) is 55.3 Å². The Balaban J connectivity index is 1.39. The number of rotatable bonds is 9. The molecule has 1 saturated heterocycles. The number of carbonyl (C=O) groups excluding carboxylic acids is 1. The van der Waals surface area contributed by atoms with Gasteiger partial charge in [0.25, 0.3) is 0 Å². The predicted molar refractivity (Wildman–Crippen MR) is 97.7 cm³/mol. The van der Waals surface area contributed by atoms with E-state index in [1.54, 1.807) is 13.4 Å². The van der Waals surface area contributed by atoms with Gasteiger partial charge in [0.05, 0.1) is 6.61 Å². The largest absolute Gasteiger partial charge is 0.383 e. The van der Waals surface area contributed by atoms with E-state index in [4.69, 9.17) is 4.74 Å². The highest BCUT2D eigenvalue weighted by Gasteiger charge is 2.23. The molecule has 1 amide bonds. The SMILES string of the molecule is COCCNC(=O)CCC1CCN(c2cc(NC3CC3)ncn2)CC1. The fraction of sp³-hybridized carbons (Fsp3) is 0.722. The molecule has 1 aliphatic carbocycles. The summed E-state index contributed by atoms with van der Waals surface area (Å²) in [6.07, 6.45) is 7.92. The van der Waals surface area contributed by atoms with E-state index in [9.17, 15) is 4.79 Å². The topological polar surface area (TPSA) is 79.4 Å². The number of hydrogen-bond acceptors (Lipinski definition) is 6. The van der Waals surface area contributed by atoms with Gasteiger partial charge in [-0.2, -0.15) is 0 Å². The van der Waals surface area contributed by atoms with Crippen molar-refractivity contribution >= 4 is 17.5 Å². The summed E-state index contributed by atoms with van der Waals surface area (Å²) >= 11 is 0. The Morgan fingerprint density at radius 2 is 2.08 bits per heavy atom. The zero-order chi connectivity index (χ0) is 17.5. The second-order valence-corrected chi connectivity index (χ2v) is 6.99. The Hall–Kier alpha value is -1.89. The van der Waals surface area contributed by atoms with Gasteiger partial charge in [0, 0.05) is 45.3 Å². The van der Waals surface area contributed by atoms with Crippen molar-refractivity contribution in [1.82, 2.24) is 15.3 Å². The molecule has 25 heavy (non-hydrogen) atoms. The molecule has 2 N–H and O–H groups in total. The number of nitrogens with zero attached hydrogens (tertiary/aromatic N) is 3. The van der Waals surface area contributed by atoms with Gasteiger partial charge in [-0.25, -0.2) is 9.97 Å². The number of methoxy groups -OCH3 is 1. The van der Waals surface area contributed by atoms with E-state index in [0.29, 0.717) is 31.5 Å². The lowest BCUT2D eigenvalue weighted by Crippen LogP contribution is -2.35. The van der Waals surface area contributed by atoms with Gasteiger partial charge in [0.2, 0.25) is 5.91 Å². The maximum atomic E-state index is 11.8. The molecule has 7 heteroatoms. The third kappa shape index (κ3) is 5.85. The molecule has 1 aromatic heterocycles. The Labute approximate surface area is 149 Å². The van der Waals surface area contributed by atoms with Crippen LogP contribution in [0.25, 0.3) is 0 Å². The molecule has 2 aliphatic rings. The number of carbonyl (C=O) groups is 1. The summed E-state index contributed by atoms with van der Waals surface area (Å²) in [6, 6.07) is 2.66. The van der Waals surface area contributed by atoms with Crippen LogP contribution >= 0.6 is 0 Å². The minimum Gasteiger partial charge on any atom is -0.383 e. The van der Waals surface area contributed by atoms with Crippen molar-refractivity contribution in [3.05, 3.63) is 12.4 Å². The summed E-state index contributed by atoms with van der Waals surface area (Å²) in [4.78, 5) is 22.8. The van der Waals surface area contributed by atoms with E-state index in [-0.39, 0.29) is 5.91 Å². The summed E-state index contributed by atoms with van der Waals surface area (Å²) < 4.78 is 4.94. The van der Waals surface area contributed by atoms with Crippen LogP contribution in [0.1, 0.15) is 38.5 Å². The maximum Gasteiger partial charge on any atom is 0.220 e. The first kappa shape index (κ1) is 17.9. The highest BCUT2D eigenvalue weighted by molar-refractivity contribution is 5.75. The fourth-order valence-electron chi connectivity index (χ4n) is 3.20. The van der Waals surface area contributed by atoms with Gasteiger partial charge in [-0.3, -0.25) is 4.79 Å². The molecule has 0 atom stereocenters. The molecule has 2 heterocycles. The number of hydrogen-bond donors (Lipinski definition) is 2. The standard InChI is InChI=1S/C18H29N5O2/c1-25-11-8-19-18(24)5-2-14-6-9-23(10-7-14)17-12-16(20-13-21-17)22-15-3-4-15/h12-15H,2-11H2,1H3,(H,19,24)(H,20,21,22). The fourth-order valence-corrected chi connectivity index (χ4v) is 3.20. The summed E-state index contributed by atoms with van der Waals surface area (Å²) in [5, 5.41) is 6.31. The highest BCUT2D eigenvalue weighted by Crippen LogP contribution is 2.27. The Kier molecular flexibility index (Phi) is 6.44. The van der Waals surface area contributed by atoms with Gasteiger partial charge in [0.15, 0.2) is 0 Å². The molecule has 1 aliphatic heterocycles. The first-order valence-corrected chi connectivity index (χ1v) is 9.34. The van der Waals surface area contributed by atoms with Crippen LogP contribution in [0.2, 0.25) is 0 Å². The van der Waals surface area contributed by atoms with Crippen molar-refractivity contribution in [3.8, 4) is 0 Å². The van der Waals surface area contributed by atoms with Crippen molar-refractivity contribution in [1.29, 1.82) is 0 Å². The lowest BCUT2D eigenvalue weighted by atomic mass is 9.92. The van der Waals surface area contributed by atoms with Gasteiger partial charge < -0.3 is 20.3 Å². The van der Waals surface area contributed by atoms with E-state index in [1.165, 1.54) is 12.8 Å². The third-order valence-corrected chi connectivity index (χ3v) is 4.93. The van der Waals surface area contributed by atoms with Gasteiger partial charge in [-0.1, -0.05) is 0 Å². The molecule has 138 valence electrons. The summed E-state index contributed by atoms with van der Waals surface area (Å²) in [5.41, 5.74) is 0. The van der Waals surface area contributed by atoms with Crippen molar-refractivity contribution < 1.29 is 9.53 Å². The summed E-state index contributed by atoms with van der Waals surface area (Å²) in [5.74, 6) is 2.69. The lowest BCUT2D eigenvalue weighted by Gasteiger charge is -2.32. The van der Waals surface area contributed by atoms with Crippen molar-refractivity contribution in [2.24, 2.45) is 5.92 Å². The van der Waals surface area contributed by atoms with E-state index >= 15 is 0 Å². The van der Waals surface area contributed by atoms with E-state index in [2.05, 4.69) is 31.6 Å². The molecule has 1 aromatic rings. The summed E-state index contributed by atoms with van der Waals surface area (Å²) in [6.45, 7) is 3.16. The molecule has 7 nitrogen and oxygen atoms in total. The second kappa shape index (κ2) is 8.99. The molecule has 0 aromatic carbocycles. The molecule has 2 fully saturated rings. The zero-order valence-corrected chi connectivity index (χ0v) is 15.0. The minimum absolute atomic E-state index is 0.131. The first-order chi connectivity index (χ1) is 12.2. The third-order valence-electron chi connectivity index (χ3n) is 4.93. The monoisotopic (exact) mass is 347 g/mol. The van der Waals surface area contributed by atoms with Crippen LogP contribution in [0.5, 0.6) is 0 Å². The van der Waals surface area contributed by atoms with Crippen molar-refractivity contribution in [2.45, 2.75) is 44.6 Å². The average Bonchev–Trinajstić information content (AvgIpc) is 3.45. The van der Waals surface area contributed by atoms with Gasteiger partial charge in [-0.15, -0.1) is 0 Å². The van der Waals surface area contributed by atoms with Crippen molar-refractivity contribution in [2.75, 3.05) is 43.6 Å². The maximum absolute atomic E-state index is 11.8. The van der Waals surface area contributed by atoms with Gasteiger partial charge >= 0.3 is 0 Å². The number of piperidine rings is 1. The number of amides is 1. The average molecular weight is 347 g/mol. The number of anilines is 2. The van der Waals surface area contributed by atoms with Crippen LogP contribution < -0.4 is 15.5 Å². The molecular formula is C18H29N5O2. The quantitative estimate of drug-likeness (QED) is 0.663. The number of nitrogens with one attached hydrogen (secondary N) is 2. The molecular weight excluding hydrogens is 318 g/mol. The molecule has 3 rings (SSSR count). The van der Waals surface area contributed by atoms with E-state index in [0.717, 1.165) is 44.0 Å². The second-order valence-electron chi connectivity index (χ2n) is 6.99. The van der Waals surface area contributed by atoms with Crippen LogP contribution in [-0.2, 0) is 9.53 Å². The van der Waals surface area contributed by atoms with Crippen molar-refractivity contribution in [3.63, 3.8) is 0 Å². The van der Waals surface area contributed by atoms with Gasteiger partial charge in [-0.05, 0) is 38.0 Å². The van der Waals surface area contributed by atoms with Crippen LogP contribution in [0, 0.1) is 5.92 Å². The van der Waals surface area contributed by atoms with E-state index < -0.39 is 0 Å². The summed E-state index contributed by atoms with van der Waals surface area (Å²) in [7, 11) is 1.64. The molecule has 0 bridgehead atoms. The smallest absolute Gasteiger partial charge is 0.220 e. The van der Waals surface area contributed by atoms with Crippen LogP contribution in [0.4, 0.5) is 11.6 Å². The van der Waals surface area contributed by atoms with Crippen LogP contribution in [0.3, 0.4) is 0 Å². The molecule has 1 saturated carbocycles. The van der Waals surface area contributed by atoms with Gasteiger partial charge in [0.1, 0.15) is 18.0 Å². The minimum atomic E-state index is 0.131. The Bertz CT molecular complexity index is 556. The number of aromatic nitrogens is 2. The zero-order valence-electron chi connectivity index (χ0n) is 15.0. The molecule has 0 radical (unpaired) electrons. The van der Waals surface area contributed by atoms with Crippen LogP contribution in [0.15, 0.2) is 12.4 Å². The molecule has 0 spiro atoms. The number of ether oxygens (including phenoxy) is 1.